The van der Waals surface area contributed by atoms with E-state index < -0.39 is 15.4 Å². The molecule has 1 aromatic carbocycles. The zero-order valence-corrected chi connectivity index (χ0v) is 14.0. The number of rotatable bonds is 4. The van der Waals surface area contributed by atoms with Gasteiger partial charge in [0.05, 0.1) is 11.9 Å². The molecule has 0 spiro atoms. The molecule has 124 valence electrons. The van der Waals surface area contributed by atoms with Crippen LogP contribution in [-0.2, 0) is 21.9 Å². The number of nitrogens with one attached hydrogen (secondary N) is 2. The van der Waals surface area contributed by atoms with E-state index in [4.69, 9.17) is 0 Å². The highest BCUT2D eigenvalue weighted by Crippen LogP contribution is 2.19. The first kappa shape index (κ1) is 16.9. The molecule has 0 aliphatic heterocycles. The fraction of sp³-hybridized carbons (Fsp3) is 0.385. The van der Waals surface area contributed by atoms with E-state index in [-0.39, 0.29) is 16.8 Å². The zero-order chi connectivity index (χ0) is 17.3. The molecule has 23 heavy (non-hydrogen) atoms. The number of hydrogen-bond donors (Lipinski definition) is 2. The van der Waals surface area contributed by atoms with Gasteiger partial charge in [-0.05, 0) is 29.5 Å². The molecule has 2 N–H and O–H groups in total. The third-order valence-corrected chi connectivity index (χ3v) is 4.18. The molecule has 0 saturated heterocycles. The lowest BCUT2D eigenvalue weighted by Gasteiger charge is -2.17. The van der Waals surface area contributed by atoms with Gasteiger partial charge < -0.3 is 5.32 Å². The van der Waals surface area contributed by atoms with Crippen LogP contribution in [0.4, 0.5) is 11.6 Å². The van der Waals surface area contributed by atoms with Crippen LogP contribution in [0.1, 0.15) is 20.8 Å². The van der Waals surface area contributed by atoms with Crippen LogP contribution < -0.4 is 10.0 Å². The number of aromatic nitrogens is 4. The lowest BCUT2D eigenvalue weighted by atomic mass is 9.95. The van der Waals surface area contributed by atoms with Gasteiger partial charge in [0.25, 0.3) is 16.0 Å². The summed E-state index contributed by atoms with van der Waals surface area (Å²) in [5, 5.41) is 13.6. The first-order valence-electron chi connectivity index (χ1n) is 6.76. The minimum Gasteiger partial charge on any atom is -0.326 e. The molecule has 0 unspecified atom stereocenters. The van der Waals surface area contributed by atoms with Crippen LogP contribution in [0.15, 0.2) is 29.2 Å². The molecule has 2 rings (SSSR count). The first-order chi connectivity index (χ1) is 10.6. The Morgan fingerprint density at radius 2 is 1.78 bits per heavy atom. The molecule has 1 heterocycles. The largest absolute Gasteiger partial charge is 0.326 e. The second kappa shape index (κ2) is 5.95. The number of nitrogens with zero attached hydrogens (tertiary/aromatic N) is 4. The summed E-state index contributed by atoms with van der Waals surface area (Å²) in [4.78, 5) is 13.1. The number of amides is 1. The SMILES string of the molecule is Cn1nnc(NS(=O)(=O)c2ccc(NC(=O)C(C)(C)C)cc2)n1. The second-order valence-corrected chi connectivity index (χ2v) is 7.62. The standard InChI is InChI=1S/C13H18N6O3S/c1-13(2,3)11(20)14-9-5-7-10(8-6-9)23(21,22)17-12-15-18-19(4)16-12/h5-8H,1-4H3,(H,14,20)(H,16,17). The quantitative estimate of drug-likeness (QED) is 0.858. The van der Waals surface area contributed by atoms with Gasteiger partial charge in [-0.25, -0.2) is 13.1 Å². The molecule has 0 saturated carbocycles. The monoisotopic (exact) mass is 338 g/mol. The summed E-state index contributed by atoms with van der Waals surface area (Å²) in [6.07, 6.45) is 0. The highest BCUT2D eigenvalue weighted by molar-refractivity contribution is 7.92. The van der Waals surface area contributed by atoms with E-state index >= 15 is 0 Å². The Hall–Kier alpha value is -2.49. The molecular weight excluding hydrogens is 320 g/mol. The average molecular weight is 338 g/mol. The Kier molecular flexibility index (Phi) is 4.37. The van der Waals surface area contributed by atoms with E-state index in [9.17, 15) is 13.2 Å². The molecule has 10 heteroatoms. The molecule has 1 amide bonds. The van der Waals surface area contributed by atoms with Crippen molar-refractivity contribution in [3.05, 3.63) is 24.3 Å². The van der Waals surface area contributed by atoms with Crippen LogP contribution in [0.25, 0.3) is 0 Å². The van der Waals surface area contributed by atoms with Crippen LogP contribution in [0, 0.1) is 5.41 Å². The highest BCUT2D eigenvalue weighted by atomic mass is 32.2. The van der Waals surface area contributed by atoms with E-state index in [1.807, 2.05) is 0 Å². The van der Waals surface area contributed by atoms with Crippen molar-refractivity contribution in [1.29, 1.82) is 0 Å². The normalized spacial score (nSPS) is 12.0. The number of carbonyl (C=O) groups excluding carboxylic acids is 1. The van der Waals surface area contributed by atoms with E-state index in [1.54, 1.807) is 20.8 Å². The summed E-state index contributed by atoms with van der Waals surface area (Å²) in [5.74, 6) is -0.271. The first-order valence-corrected chi connectivity index (χ1v) is 8.24. The van der Waals surface area contributed by atoms with Gasteiger partial charge in [-0.1, -0.05) is 25.9 Å². The van der Waals surface area contributed by atoms with Crippen LogP contribution in [0.5, 0.6) is 0 Å². The maximum Gasteiger partial charge on any atom is 0.277 e. The van der Waals surface area contributed by atoms with Gasteiger partial charge in [0.2, 0.25) is 5.91 Å². The highest BCUT2D eigenvalue weighted by Gasteiger charge is 2.21. The molecular formula is C13H18N6O3S. The van der Waals surface area contributed by atoms with Gasteiger partial charge in [-0.15, -0.1) is 5.10 Å². The number of sulfonamides is 1. The Bertz CT molecular complexity index is 805. The number of hydrogen-bond acceptors (Lipinski definition) is 6. The lowest BCUT2D eigenvalue weighted by molar-refractivity contribution is -0.123. The van der Waals surface area contributed by atoms with Crippen molar-refractivity contribution in [1.82, 2.24) is 20.2 Å². The van der Waals surface area contributed by atoms with Crippen molar-refractivity contribution in [3.63, 3.8) is 0 Å². The zero-order valence-electron chi connectivity index (χ0n) is 13.2. The fourth-order valence-electron chi connectivity index (χ4n) is 1.54. The number of anilines is 2. The van der Waals surface area contributed by atoms with Crippen molar-refractivity contribution in [2.24, 2.45) is 12.5 Å². The number of aryl methyl sites for hydroxylation is 1. The summed E-state index contributed by atoms with van der Waals surface area (Å²) in [6.45, 7) is 5.37. The van der Waals surface area contributed by atoms with E-state index in [0.717, 1.165) is 4.80 Å². The third kappa shape index (κ3) is 4.25. The number of benzene rings is 1. The molecule has 0 bridgehead atoms. The minimum atomic E-state index is -3.81. The molecule has 0 aliphatic rings. The molecule has 0 radical (unpaired) electrons. The molecule has 0 fully saturated rings. The molecule has 2 aromatic rings. The van der Waals surface area contributed by atoms with Crippen LogP contribution in [0.2, 0.25) is 0 Å². The summed E-state index contributed by atoms with van der Waals surface area (Å²) >= 11 is 0. The Morgan fingerprint density at radius 3 is 2.26 bits per heavy atom. The second-order valence-electron chi connectivity index (χ2n) is 5.94. The Labute approximate surface area is 134 Å². The Morgan fingerprint density at radius 1 is 1.17 bits per heavy atom. The van der Waals surface area contributed by atoms with Crippen molar-refractivity contribution in [2.45, 2.75) is 25.7 Å². The molecule has 1 aromatic heterocycles. The van der Waals surface area contributed by atoms with Crippen molar-refractivity contribution in [2.75, 3.05) is 10.0 Å². The maximum atomic E-state index is 12.2. The van der Waals surface area contributed by atoms with Gasteiger partial charge in [-0.2, -0.15) is 4.80 Å². The number of carbonyl (C=O) groups is 1. The topological polar surface area (TPSA) is 119 Å². The molecule has 0 atom stereocenters. The third-order valence-electron chi connectivity index (χ3n) is 2.84. The van der Waals surface area contributed by atoms with E-state index in [1.165, 1.54) is 31.3 Å². The fourth-order valence-corrected chi connectivity index (χ4v) is 2.47. The summed E-state index contributed by atoms with van der Waals surface area (Å²) in [7, 11) is -2.29. The minimum absolute atomic E-state index is 0.0266. The molecule has 9 nitrogen and oxygen atoms in total. The van der Waals surface area contributed by atoms with Gasteiger partial charge >= 0.3 is 0 Å². The van der Waals surface area contributed by atoms with Gasteiger partial charge in [-0.3, -0.25) is 4.79 Å². The predicted molar refractivity (Wildman–Crippen MR) is 84.1 cm³/mol. The lowest BCUT2D eigenvalue weighted by Crippen LogP contribution is -2.27. The average Bonchev–Trinajstić information content (AvgIpc) is 2.83. The predicted octanol–water partition coefficient (Wildman–Crippen LogP) is 0.995. The Balaban J connectivity index is 2.14. The van der Waals surface area contributed by atoms with Gasteiger partial charge in [0.1, 0.15) is 0 Å². The van der Waals surface area contributed by atoms with Crippen molar-refractivity contribution in [3.8, 4) is 0 Å². The summed E-state index contributed by atoms with van der Waals surface area (Å²) in [5.41, 5.74) is -0.0225. The van der Waals surface area contributed by atoms with Crippen molar-refractivity contribution >= 4 is 27.6 Å². The van der Waals surface area contributed by atoms with E-state index in [2.05, 4.69) is 25.4 Å². The van der Waals surface area contributed by atoms with E-state index in [0.29, 0.717) is 5.69 Å². The van der Waals surface area contributed by atoms with Crippen LogP contribution >= 0.6 is 0 Å². The number of tetrazole rings is 1. The molecule has 0 aliphatic carbocycles. The van der Waals surface area contributed by atoms with Crippen LogP contribution in [0.3, 0.4) is 0 Å². The van der Waals surface area contributed by atoms with Gasteiger partial charge in [0.15, 0.2) is 0 Å². The van der Waals surface area contributed by atoms with Gasteiger partial charge in [0, 0.05) is 11.1 Å². The smallest absolute Gasteiger partial charge is 0.277 e. The van der Waals surface area contributed by atoms with Crippen LogP contribution in [-0.4, -0.2) is 34.5 Å². The maximum absolute atomic E-state index is 12.2. The summed E-state index contributed by atoms with van der Waals surface area (Å²) in [6, 6.07) is 5.80. The van der Waals surface area contributed by atoms with Crippen molar-refractivity contribution < 1.29 is 13.2 Å². The summed E-state index contributed by atoms with van der Waals surface area (Å²) < 4.78 is 26.6.